The molecular formula is C10H13F2NO. The van der Waals surface area contributed by atoms with Gasteiger partial charge in [-0.15, -0.1) is 0 Å². The van der Waals surface area contributed by atoms with Crippen LogP contribution in [0.5, 0.6) is 5.75 Å². The van der Waals surface area contributed by atoms with Gasteiger partial charge < -0.3 is 10.5 Å². The molecule has 78 valence electrons. The highest BCUT2D eigenvalue weighted by atomic mass is 19.3. The second-order valence-electron chi connectivity index (χ2n) is 3.02. The van der Waals surface area contributed by atoms with Gasteiger partial charge in [-0.05, 0) is 37.1 Å². The van der Waals surface area contributed by atoms with Crippen LogP contribution in [0.25, 0.3) is 0 Å². The first kappa shape index (κ1) is 10.9. The smallest absolute Gasteiger partial charge is 0.387 e. The van der Waals surface area contributed by atoms with Gasteiger partial charge in [0.2, 0.25) is 0 Å². The summed E-state index contributed by atoms with van der Waals surface area (Å²) >= 11 is 0. The van der Waals surface area contributed by atoms with Gasteiger partial charge in [-0.25, -0.2) is 0 Å². The molecule has 2 nitrogen and oxygen atoms in total. The van der Waals surface area contributed by atoms with Crippen LogP contribution in [-0.4, -0.2) is 13.2 Å². The normalized spacial score (nSPS) is 10.6. The monoisotopic (exact) mass is 201 g/mol. The van der Waals surface area contributed by atoms with Gasteiger partial charge in [0.25, 0.3) is 0 Å². The highest BCUT2D eigenvalue weighted by Gasteiger charge is 2.07. The first-order chi connectivity index (χ1) is 6.63. The Hall–Kier alpha value is -1.16. The molecule has 0 aliphatic heterocycles. The van der Waals surface area contributed by atoms with Crippen molar-refractivity contribution in [2.24, 2.45) is 5.73 Å². The van der Waals surface area contributed by atoms with Gasteiger partial charge in [-0.1, -0.05) is 12.1 Å². The maximum atomic E-state index is 12.0. The molecule has 0 saturated heterocycles. The average molecular weight is 201 g/mol. The molecule has 0 bridgehead atoms. The Morgan fingerprint density at radius 2 is 2.14 bits per heavy atom. The molecule has 0 saturated carbocycles. The predicted molar refractivity (Wildman–Crippen MR) is 50.6 cm³/mol. The fraction of sp³-hybridized carbons (Fsp3) is 0.400. The molecule has 0 atom stereocenters. The number of ether oxygens (including phenoxy) is 1. The second kappa shape index (κ2) is 4.91. The number of nitrogens with two attached hydrogens (primary N) is 1. The summed E-state index contributed by atoms with van der Waals surface area (Å²) in [6, 6.07) is 5.22. The van der Waals surface area contributed by atoms with Gasteiger partial charge >= 0.3 is 6.61 Å². The molecule has 1 aromatic rings. The summed E-state index contributed by atoms with van der Waals surface area (Å²) in [6.45, 7) is -0.553. The van der Waals surface area contributed by atoms with Crippen LogP contribution in [0.3, 0.4) is 0 Å². The van der Waals surface area contributed by atoms with Crippen molar-refractivity contribution in [3.8, 4) is 5.75 Å². The predicted octanol–water partition coefficient (Wildman–Crippen LogP) is 2.10. The Kier molecular flexibility index (Phi) is 3.83. The fourth-order valence-electron chi connectivity index (χ4n) is 1.19. The molecule has 0 spiro atoms. The molecule has 0 aromatic heterocycles. The Bertz CT molecular complexity index is 302. The summed E-state index contributed by atoms with van der Waals surface area (Å²) in [5.41, 5.74) is 6.97. The van der Waals surface area contributed by atoms with Gasteiger partial charge in [0, 0.05) is 0 Å². The summed E-state index contributed by atoms with van der Waals surface area (Å²) in [5, 5.41) is 0. The van der Waals surface area contributed by atoms with Crippen LogP contribution < -0.4 is 10.5 Å². The number of hydrogen-bond donors (Lipinski definition) is 1. The fourth-order valence-corrected chi connectivity index (χ4v) is 1.19. The van der Waals surface area contributed by atoms with Crippen LogP contribution in [0, 0.1) is 6.92 Å². The number of aryl methyl sites for hydroxylation is 1. The van der Waals surface area contributed by atoms with E-state index in [1.807, 2.05) is 6.07 Å². The SMILES string of the molecule is Cc1ccc(CCN)cc1OC(F)F. The van der Waals surface area contributed by atoms with Crippen LogP contribution in [0.1, 0.15) is 11.1 Å². The molecular weight excluding hydrogens is 188 g/mol. The largest absolute Gasteiger partial charge is 0.435 e. The van der Waals surface area contributed by atoms with Gasteiger partial charge in [0.1, 0.15) is 5.75 Å². The first-order valence-electron chi connectivity index (χ1n) is 4.38. The van der Waals surface area contributed by atoms with Gasteiger partial charge in [-0.2, -0.15) is 8.78 Å². The van der Waals surface area contributed by atoms with E-state index in [1.54, 1.807) is 19.1 Å². The third-order valence-electron chi connectivity index (χ3n) is 1.90. The van der Waals surface area contributed by atoms with Gasteiger partial charge in [0.05, 0.1) is 0 Å². The van der Waals surface area contributed by atoms with E-state index in [0.29, 0.717) is 18.5 Å². The summed E-state index contributed by atoms with van der Waals surface area (Å²) in [7, 11) is 0. The number of alkyl halides is 2. The van der Waals surface area contributed by atoms with E-state index < -0.39 is 6.61 Å². The Labute approximate surface area is 81.7 Å². The molecule has 4 heteroatoms. The van der Waals surface area contributed by atoms with E-state index >= 15 is 0 Å². The number of halogens is 2. The van der Waals surface area contributed by atoms with Crippen molar-refractivity contribution < 1.29 is 13.5 Å². The topological polar surface area (TPSA) is 35.2 Å². The Morgan fingerprint density at radius 3 is 2.71 bits per heavy atom. The summed E-state index contributed by atoms with van der Waals surface area (Å²) in [4.78, 5) is 0. The zero-order valence-electron chi connectivity index (χ0n) is 7.97. The van der Waals surface area contributed by atoms with E-state index in [4.69, 9.17) is 5.73 Å². The maximum Gasteiger partial charge on any atom is 0.387 e. The quantitative estimate of drug-likeness (QED) is 0.809. The third-order valence-corrected chi connectivity index (χ3v) is 1.90. The molecule has 0 fully saturated rings. The third kappa shape index (κ3) is 2.96. The Balaban J connectivity index is 2.84. The molecule has 14 heavy (non-hydrogen) atoms. The Morgan fingerprint density at radius 1 is 1.43 bits per heavy atom. The lowest BCUT2D eigenvalue weighted by molar-refractivity contribution is -0.0503. The lowest BCUT2D eigenvalue weighted by atomic mass is 10.1. The summed E-state index contributed by atoms with van der Waals surface area (Å²) in [6.07, 6.45) is 0.667. The zero-order valence-corrected chi connectivity index (χ0v) is 7.97. The minimum atomic E-state index is -2.78. The van der Waals surface area contributed by atoms with E-state index in [-0.39, 0.29) is 5.75 Å². The molecule has 0 aliphatic carbocycles. The number of rotatable bonds is 4. The minimum absolute atomic E-state index is 0.228. The van der Waals surface area contributed by atoms with Crippen molar-refractivity contribution in [2.75, 3.05) is 6.54 Å². The average Bonchev–Trinajstić information content (AvgIpc) is 2.10. The van der Waals surface area contributed by atoms with Crippen LogP contribution >= 0.6 is 0 Å². The van der Waals surface area contributed by atoms with E-state index in [2.05, 4.69) is 4.74 Å². The van der Waals surface area contributed by atoms with Crippen LogP contribution in [0.4, 0.5) is 8.78 Å². The van der Waals surface area contributed by atoms with E-state index in [9.17, 15) is 8.78 Å². The highest BCUT2D eigenvalue weighted by Crippen LogP contribution is 2.21. The van der Waals surface area contributed by atoms with Gasteiger partial charge in [0.15, 0.2) is 0 Å². The first-order valence-corrected chi connectivity index (χ1v) is 4.38. The van der Waals surface area contributed by atoms with Crippen LogP contribution in [0.2, 0.25) is 0 Å². The molecule has 0 radical (unpaired) electrons. The molecule has 0 amide bonds. The van der Waals surface area contributed by atoms with Crippen molar-refractivity contribution in [3.63, 3.8) is 0 Å². The van der Waals surface area contributed by atoms with E-state index in [0.717, 1.165) is 5.56 Å². The molecule has 0 unspecified atom stereocenters. The van der Waals surface area contributed by atoms with Crippen LogP contribution in [-0.2, 0) is 6.42 Å². The van der Waals surface area contributed by atoms with Gasteiger partial charge in [-0.3, -0.25) is 0 Å². The number of hydrogen-bond acceptors (Lipinski definition) is 2. The van der Waals surface area contributed by atoms with Crippen molar-refractivity contribution in [1.82, 2.24) is 0 Å². The zero-order chi connectivity index (χ0) is 10.6. The minimum Gasteiger partial charge on any atom is -0.435 e. The lowest BCUT2D eigenvalue weighted by Gasteiger charge is -2.09. The lowest BCUT2D eigenvalue weighted by Crippen LogP contribution is -2.06. The molecule has 0 heterocycles. The summed E-state index contributed by atoms with van der Waals surface area (Å²) < 4.78 is 28.3. The standard InChI is InChI=1S/C10H13F2NO/c1-7-2-3-8(4-5-13)6-9(7)14-10(11)12/h2-3,6,10H,4-5,13H2,1H3. The summed E-state index contributed by atoms with van der Waals surface area (Å²) in [5.74, 6) is 0.228. The molecule has 1 rings (SSSR count). The van der Waals surface area contributed by atoms with Crippen LogP contribution in [0.15, 0.2) is 18.2 Å². The van der Waals surface area contributed by atoms with Crippen molar-refractivity contribution >= 4 is 0 Å². The van der Waals surface area contributed by atoms with E-state index in [1.165, 1.54) is 0 Å². The molecule has 1 aromatic carbocycles. The van der Waals surface area contributed by atoms with Crippen molar-refractivity contribution in [3.05, 3.63) is 29.3 Å². The maximum absolute atomic E-state index is 12.0. The number of benzene rings is 1. The van der Waals surface area contributed by atoms with Crippen molar-refractivity contribution in [1.29, 1.82) is 0 Å². The molecule has 2 N–H and O–H groups in total. The van der Waals surface area contributed by atoms with Crippen molar-refractivity contribution in [2.45, 2.75) is 20.0 Å². The second-order valence-corrected chi connectivity index (χ2v) is 3.02. The molecule has 0 aliphatic rings. The highest BCUT2D eigenvalue weighted by molar-refractivity contribution is 5.36.